The van der Waals surface area contributed by atoms with Crippen LogP contribution in [0.1, 0.15) is 5.56 Å². The van der Waals surface area contributed by atoms with Crippen molar-refractivity contribution in [1.29, 1.82) is 0 Å². The van der Waals surface area contributed by atoms with E-state index in [1.807, 2.05) is 23.7 Å². The number of nitrogens with one attached hydrogen (secondary N) is 2. The van der Waals surface area contributed by atoms with E-state index in [0.29, 0.717) is 17.3 Å². The summed E-state index contributed by atoms with van der Waals surface area (Å²) in [4.78, 5) is 16.2. The Kier molecular flexibility index (Phi) is 4.48. The summed E-state index contributed by atoms with van der Waals surface area (Å²) in [5.41, 5.74) is 3.87. The van der Waals surface area contributed by atoms with Gasteiger partial charge in [0.15, 0.2) is 0 Å². The van der Waals surface area contributed by atoms with Gasteiger partial charge in [0.2, 0.25) is 0 Å². The summed E-state index contributed by atoms with van der Waals surface area (Å²) < 4.78 is 1.98. The molecule has 0 aliphatic heterocycles. The van der Waals surface area contributed by atoms with Gasteiger partial charge in [0.25, 0.3) is 0 Å². The summed E-state index contributed by atoms with van der Waals surface area (Å²) in [5, 5.41) is 6.17. The number of aromatic nitrogens is 2. The van der Waals surface area contributed by atoms with Gasteiger partial charge in [-0.2, -0.15) is 0 Å². The molecular weight excluding hydrogens is 312 g/mol. The number of carbonyl (C=O) groups excluding carboxylic acids is 1. The maximum Gasteiger partial charge on any atom is 0.319 e. The molecule has 0 bridgehead atoms. The first-order valence-electron chi connectivity index (χ1n) is 7.32. The van der Waals surface area contributed by atoms with Crippen molar-refractivity contribution in [2.24, 2.45) is 7.05 Å². The van der Waals surface area contributed by atoms with E-state index in [1.165, 1.54) is 0 Å². The molecule has 0 atom stereocenters. The highest BCUT2D eigenvalue weighted by molar-refractivity contribution is 6.30. The first-order chi connectivity index (χ1) is 11.1. The molecule has 118 valence electrons. The molecule has 3 rings (SSSR count). The molecule has 23 heavy (non-hydrogen) atoms. The average Bonchev–Trinajstić information content (AvgIpc) is 2.88. The fourth-order valence-corrected chi connectivity index (χ4v) is 2.59. The molecule has 0 fully saturated rings. The lowest BCUT2D eigenvalue weighted by Crippen LogP contribution is -2.30. The summed E-state index contributed by atoms with van der Waals surface area (Å²) >= 11 is 5.88. The molecule has 0 spiro atoms. The Hall–Kier alpha value is -2.53. The van der Waals surface area contributed by atoms with E-state index >= 15 is 0 Å². The van der Waals surface area contributed by atoms with E-state index < -0.39 is 0 Å². The van der Waals surface area contributed by atoms with Gasteiger partial charge >= 0.3 is 6.03 Å². The highest BCUT2D eigenvalue weighted by Crippen LogP contribution is 2.15. The Morgan fingerprint density at radius 3 is 2.96 bits per heavy atom. The van der Waals surface area contributed by atoms with Gasteiger partial charge in [-0.25, -0.2) is 9.78 Å². The molecule has 2 amide bonds. The molecule has 0 unspecified atom stereocenters. The van der Waals surface area contributed by atoms with Crippen molar-refractivity contribution >= 4 is 34.4 Å². The fraction of sp³-hybridized carbons (Fsp3) is 0.176. The number of anilines is 1. The lowest BCUT2D eigenvalue weighted by atomic mass is 10.1. The zero-order valence-corrected chi connectivity index (χ0v) is 13.5. The lowest BCUT2D eigenvalue weighted by Gasteiger charge is -2.08. The van der Waals surface area contributed by atoms with Gasteiger partial charge in [-0.05, 0) is 42.3 Å². The van der Waals surface area contributed by atoms with Gasteiger partial charge in [-0.15, -0.1) is 0 Å². The van der Waals surface area contributed by atoms with Crippen LogP contribution in [-0.4, -0.2) is 22.1 Å². The van der Waals surface area contributed by atoms with Crippen molar-refractivity contribution in [3.05, 3.63) is 59.4 Å². The predicted octanol–water partition coefficient (Wildman–Crippen LogP) is 3.59. The highest BCUT2D eigenvalue weighted by atomic mass is 35.5. The number of nitrogens with zero attached hydrogens (tertiary/aromatic N) is 2. The maximum atomic E-state index is 11.8. The number of rotatable bonds is 4. The van der Waals surface area contributed by atoms with Crippen molar-refractivity contribution < 1.29 is 4.79 Å². The van der Waals surface area contributed by atoms with Crippen LogP contribution in [0.25, 0.3) is 11.0 Å². The number of hydrogen-bond acceptors (Lipinski definition) is 2. The molecule has 0 aliphatic rings. The van der Waals surface area contributed by atoms with Crippen molar-refractivity contribution in [3.8, 4) is 0 Å². The minimum absolute atomic E-state index is 0.244. The van der Waals surface area contributed by atoms with E-state index in [9.17, 15) is 4.79 Å². The van der Waals surface area contributed by atoms with E-state index in [1.54, 1.807) is 30.6 Å². The van der Waals surface area contributed by atoms with Gasteiger partial charge in [0.05, 0.1) is 17.4 Å². The van der Waals surface area contributed by atoms with Crippen molar-refractivity contribution in [1.82, 2.24) is 14.9 Å². The zero-order chi connectivity index (χ0) is 16.2. The molecule has 5 nitrogen and oxygen atoms in total. The quantitative estimate of drug-likeness (QED) is 0.769. The third-order valence-corrected chi connectivity index (χ3v) is 3.81. The summed E-state index contributed by atoms with van der Waals surface area (Å²) in [5.74, 6) is 0. The standard InChI is InChI=1S/C17H17ClN4O/c1-22-11-20-15-9-12(5-6-16(15)22)7-8-19-17(23)21-14-4-2-3-13(18)10-14/h2-6,9-11H,7-8H2,1H3,(H2,19,21,23). The van der Waals surface area contributed by atoms with Gasteiger partial charge in [-0.1, -0.05) is 23.7 Å². The Balaban J connectivity index is 1.52. The molecule has 0 radical (unpaired) electrons. The maximum absolute atomic E-state index is 11.8. The summed E-state index contributed by atoms with van der Waals surface area (Å²) in [6.07, 6.45) is 2.54. The number of carbonyl (C=O) groups is 1. The molecule has 2 N–H and O–H groups in total. The van der Waals surface area contributed by atoms with E-state index in [-0.39, 0.29) is 6.03 Å². The molecule has 1 aromatic heterocycles. The van der Waals surface area contributed by atoms with Crippen molar-refractivity contribution in [2.75, 3.05) is 11.9 Å². The number of benzene rings is 2. The van der Waals surface area contributed by atoms with Crippen LogP contribution in [0, 0.1) is 0 Å². The number of amides is 2. The van der Waals surface area contributed by atoms with Crippen LogP contribution in [0.5, 0.6) is 0 Å². The largest absolute Gasteiger partial charge is 0.338 e. The Labute approximate surface area is 139 Å². The minimum atomic E-state index is -0.244. The van der Waals surface area contributed by atoms with Crippen LogP contribution < -0.4 is 10.6 Å². The second kappa shape index (κ2) is 6.71. The predicted molar refractivity (Wildman–Crippen MR) is 92.9 cm³/mol. The summed E-state index contributed by atoms with van der Waals surface area (Å²) in [6.45, 7) is 0.546. The molecule has 2 aromatic carbocycles. The van der Waals surface area contributed by atoms with Gasteiger partial charge in [0.1, 0.15) is 0 Å². The highest BCUT2D eigenvalue weighted by Gasteiger charge is 2.04. The Bertz CT molecular complexity index is 843. The van der Waals surface area contributed by atoms with E-state index in [4.69, 9.17) is 11.6 Å². The Morgan fingerprint density at radius 2 is 2.13 bits per heavy atom. The van der Waals surface area contributed by atoms with Crippen molar-refractivity contribution in [3.63, 3.8) is 0 Å². The molecule has 0 aliphatic carbocycles. The number of hydrogen-bond donors (Lipinski definition) is 2. The first-order valence-corrected chi connectivity index (χ1v) is 7.70. The number of imidazole rings is 1. The average molecular weight is 329 g/mol. The Morgan fingerprint density at radius 1 is 1.26 bits per heavy atom. The number of urea groups is 1. The van der Waals surface area contributed by atoms with Crippen molar-refractivity contribution in [2.45, 2.75) is 6.42 Å². The molecule has 0 saturated carbocycles. The monoisotopic (exact) mass is 328 g/mol. The van der Waals surface area contributed by atoms with E-state index in [0.717, 1.165) is 23.0 Å². The third kappa shape index (κ3) is 3.81. The zero-order valence-electron chi connectivity index (χ0n) is 12.7. The topological polar surface area (TPSA) is 59.0 Å². The fourth-order valence-electron chi connectivity index (χ4n) is 2.40. The number of halogens is 1. The number of fused-ring (bicyclic) bond motifs is 1. The summed E-state index contributed by atoms with van der Waals surface area (Å²) in [6, 6.07) is 13.0. The molecule has 3 aromatic rings. The number of aryl methyl sites for hydroxylation is 1. The van der Waals surface area contributed by atoms with Gasteiger partial charge in [-0.3, -0.25) is 0 Å². The van der Waals surface area contributed by atoms with Crippen LogP contribution in [0.2, 0.25) is 5.02 Å². The normalized spacial score (nSPS) is 10.7. The van der Waals surface area contributed by atoms with Crippen LogP contribution in [0.3, 0.4) is 0 Å². The van der Waals surface area contributed by atoms with E-state index in [2.05, 4.69) is 21.7 Å². The lowest BCUT2D eigenvalue weighted by molar-refractivity contribution is 0.252. The van der Waals surface area contributed by atoms with Crippen LogP contribution in [0.15, 0.2) is 48.8 Å². The second-order valence-corrected chi connectivity index (χ2v) is 5.76. The molecular formula is C17H17ClN4O. The molecule has 6 heteroatoms. The molecule has 0 saturated heterocycles. The second-order valence-electron chi connectivity index (χ2n) is 5.32. The van der Waals surface area contributed by atoms with Gasteiger partial charge < -0.3 is 15.2 Å². The van der Waals surface area contributed by atoms with Gasteiger partial charge in [0, 0.05) is 24.3 Å². The molecule has 1 heterocycles. The van der Waals surface area contributed by atoms with Crippen LogP contribution in [-0.2, 0) is 13.5 Å². The third-order valence-electron chi connectivity index (χ3n) is 3.57. The summed E-state index contributed by atoms with van der Waals surface area (Å²) in [7, 11) is 1.97. The van der Waals surface area contributed by atoms with Crippen LogP contribution in [0.4, 0.5) is 10.5 Å². The van der Waals surface area contributed by atoms with Crippen LogP contribution >= 0.6 is 11.6 Å². The smallest absolute Gasteiger partial charge is 0.319 e. The minimum Gasteiger partial charge on any atom is -0.338 e. The SMILES string of the molecule is Cn1cnc2cc(CCNC(=O)Nc3cccc(Cl)c3)ccc21. The first kappa shape index (κ1) is 15.4.